The number of nitrogens with one attached hydrogen (secondary N) is 1. The van der Waals surface area contributed by atoms with Crippen molar-refractivity contribution in [3.8, 4) is 0 Å². The monoisotopic (exact) mass is 254 g/mol. The van der Waals surface area contributed by atoms with Crippen molar-refractivity contribution in [1.29, 1.82) is 0 Å². The Balaban J connectivity index is 2.08. The molecule has 1 fully saturated rings. The van der Waals surface area contributed by atoms with E-state index in [-0.39, 0.29) is 0 Å². The molecule has 1 unspecified atom stereocenters. The summed E-state index contributed by atoms with van der Waals surface area (Å²) < 4.78 is 0. The maximum atomic E-state index is 3.66. The number of hydrogen-bond donors (Lipinski definition) is 1. The lowest BCUT2D eigenvalue weighted by molar-refractivity contribution is 0.160. The first kappa shape index (κ1) is 16.0. The van der Waals surface area contributed by atoms with Gasteiger partial charge in [0.1, 0.15) is 0 Å². The van der Waals surface area contributed by atoms with Gasteiger partial charge in [-0.05, 0) is 64.7 Å². The second kappa shape index (κ2) is 9.80. The Morgan fingerprint density at radius 2 is 1.78 bits per heavy atom. The van der Waals surface area contributed by atoms with Gasteiger partial charge in [0, 0.05) is 6.04 Å². The summed E-state index contributed by atoms with van der Waals surface area (Å²) in [6.45, 7) is 12.1. The van der Waals surface area contributed by atoms with E-state index in [9.17, 15) is 0 Å². The predicted molar refractivity (Wildman–Crippen MR) is 81.1 cm³/mol. The first-order chi connectivity index (χ1) is 8.77. The molecule has 0 radical (unpaired) electrons. The molecule has 1 rings (SSSR count). The molecule has 18 heavy (non-hydrogen) atoms. The highest BCUT2D eigenvalue weighted by molar-refractivity contribution is 4.79. The summed E-state index contributed by atoms with van der Waals surface area (Å²) in [5.41, 5.74) is 0. The Hall–Kier alpha value is -0.0800. The van der Waals surface area contributed by atoms with Crippen molar-refractivity contribution in [2.45, 2.75) is 71.8 Å². The number of rotatable bonds is 9. The largest absolute Gasteiger partial charge is 0.314 e. The van der Waals surface area contributed by atoms with Crippen LogP contribution in [0.3, 0.4) is 0 Å². The predicted octanol–water partition coefficient (Wildman–Crippen LogP) is 3.67. The third kappa shape index (κ3) is 6.19. The minimum atomic E-state index is 0.715. The zero-order valence-electron chi connectivity index (χ0n) is 12.9. The average Bonchev–Trinajstić information content (AvgIpc) is 2.41. The first-order valence-electron chi connectivity index (χ1n) is 8.23. The highest BCUT2D eigenvalue weighted by Crippen LogP contribution is 2.21. The van der Waals surface area contributed by atoms with Gasteiger partial charge in [-0.3, -0.25) is 0 Å². The number of hydrogen-bond acceptors (Lipinski definition) is 2. The van der Waals surface area contributed by atoms with E-state index in [0.717, 1.165) is 5.92 Å². The number of unbranched alkanes of at least 4 members (excludes halogenated alkanes) is 3. The molecule has 0 amide bonds. The zero-order chi connectivity index (χ0) is 13.2. The van der Waals surface area contributed by atoms with Gasteiger partial charge in [-0.1, -0.05) is 33.1 Å². The van der Waals surface area contributed by atoms with E-state index >= 15 is 0 Å². The molecule has 0 spiro atoms. The van der Waals surface area contributed by atoms with Crippen molar-refractivity contribution in [1.82, 2.24) is 10.2 Å². The fraction of sp³-hybridized carbons (Fsp3) is 1.00. The van der Waals surface area contributed by atoms with E-state index in [1.54, 1.807) is 0 Å². The maximum absolute atomic E-state index is 3.66. The highest BCUT2D eigenvalue weighted by Gasteiger charge is 2.22. The molecule has 1 aliphatic heterocycles. The Labute approximate surface area is 115 Å². The van der Waals surface area contributed by atoms with Crippen LogP contribution < -0.4 is 5.32 Å². The van der Waals surface area contributed by atoms with Gasteiger partial charge in [-0.2, -0.15) is 0 Å². The number of nitrogens with zero attached hydrogens (tertiary/aromatic N) is 1. The van der Waals surface area contributed by atoms with Gasteiger partial charge in [-0.15, -0.1) is 0 Å². The van der Waals surface area contributed by atoms with Crippen LogP contribution in [0.5, 0.6) is 0 Å². The lowest BCUT2D eigenvalue weighted by atomic mass is 9.90. The van der Waals surface area contributed by atoms with Crippen LogP contribution in [0.4, 0.5) is 0 Å². The second-order valence-corrected chi connectivity index (χ2v) is 5.98. The molecule has 0 bridgehead atoms. The van der Waals surface area contributed by atoms with Crippen molar-refractivity contribution >= 4 is 0 Å². The van der Waals surface area contributed by atoms with E-state index in [4.69, 9.17) is 0 Å². The van der Waals surface area contributed by atoms with Gasteiger partial charge in [-0.25, -0.2) is 0 Å². The molecule has 1 atom stereocenters. The summed E-state index contributed by atoms with van der Waals surface area (Å²) in [6, 6.07) is 0.715. The minimum Gasteiger partial charge on any atom is -0.314 e. The van der Waals surface area contributed by atoms with E-state index in [2.05, 4.69) is 31.0 Å². The van der Waals surface area contributed by atoms with Gasteiger partial charge in [0.05, 0.1) is 0 Å². The quantitative estimate of drug-likeness (QED) is 0.632. The van der Waals surface area contributed by atoms with Gasteiger partial charge in [0.25, 0.3) is 0 Å². The first-order valence-corrected chi connectivity index (χ1v) is 8.23. The molecular weight excluding hydrogens is 220 g/mol. The molecule has 2 heteroatoms. The van der Waals surface area contributed by atoms with E-state index in [1.165, 1.54) is 71.1 Å². The molecule has 1 aliphatic rings. The summed E-state index contributed by atoms with van der Waals surface area (Å²) in [4.78, 5) is 2.68. The molecule has 108 valence electrons. The van der Waals surface area contributed by atoms with Gasteiger partial charge in [0.2, 0.25) is 0 Å². The van der Waals surface area contributed by atoms with Crippen molar-refractivity contribution in [2.75, 3.05) is 26.2 Å². The normalized spacial score (nSPS) is 20.2. The molecule has 0 aromatic heterocycles. The second-order valence-electron chi connectivity index (χ2n) is 5.98. The highest BCUT2D eigenvalue weighted by atomic mass is 15.1. The summed E-state index contributed by atoms with van der Waals surface area (Å²) in [5, 5.41) is 3.66. The minimum absolute atomic E-state index is 0.715. The van der Waals surface area contributed by atoms with Crippen molar-refractivity contribution in [2.24, 2.45) is 5.92 Å². The van der Waals surface area contributed by atoms with Crippen LogP contribution in [0.1, 0.15) is 65.7 Å². The van der Waals surface area contributed by atoms with Crippen molar-refractivity contribution in [3.63, 3.8) is 0 Å². The van der Waals surface area contributed by atoms with Crippen LogP contribution in [0.15, 0.2) is 0 Å². The zero-order valence-corrected chi connectivity index (χ0v) is 12.9. The Bertz CT molecular complexity index is 186. The standard InChI is InChI=1S/C16H34N2/c1-4-6-7-8-12-18-13-9-16(10-14-18)15(3)17-11-5-2/h15-17H,4-14H2,1-3H3. The summed E-state index contributed by atoms with van der Waals surface area (Å²) in [6.07, 6.45) is 9.63. The lowest BCUT2D eigenvalue weighted by Gasteiger charge is -2.35. The molecule has 0 aromatic rings. The SMILES string of the molecule is CCCCCCN1CCC(C(C)NCCC)CC1. The van der Waals surface area contributed by atoms with Gasteiger partial charge in [0.15, 0.2) is 0 Å². The fourth-order valence-electron chi connectivity index (χ4n) is 2.98. The molecule has 2 nitrogen and oxygen atoms in total. The third-order valence-electron chi connectivity index (χ3n) is 4.38. The summed E-state index contributed by atoms with van der Waals surface area (Å²) in [7, 11) is 0. The topological polar surface area (TPSA) is 15.3 Å². The average molecular weight is 254 g/mol. The molecule has 1 saturated heterocycles. The molecule has 0 aromatic carbocycles. The van der Waals surface area contributed by atoms with Gasteiger partial charge < -0.3 is 10.2 Å². The van der Waals surface area contributed by atoms with Crippen molar-refractivity contribution in [3.05, 3.63) is 0 Å². The van der Waals surface area contributed by atoms with Crippen LogP contribution in [0.2, 0.25) is 0 Å². The summed E-state index contributed by atoms with van der Waals surface area (Å²) in [5.74, 6) is 0.906. The number of piperidine rings is 1. The smallest absolute Gasteiger partial charge is 0.00679 e. The lowest BCUT2D eigenvalue weighted by Crippen LogP contribution is -2.42. The van der Waals surface area contributed by atoms with Crippen LogP contribution >= 0.6 is 0 Å². The van der Waals surface area contributed by atoms with Crippen LogP contribution in [0, 0.1) is 5.92 Å². The fourth-order valence-corrected chi connectivity index (χ4v) is 2.98. The Morgan fingerprint density at radius 1 is 1.06 bits per heavy atom. The van der Waals surface area contributed by atoms with Crippen molar-refractivity contribution < 1.29 is 0 Å². The van der Waals surface area contributed by atoms with E-state index in [0.29, 0.717) is 6.04 Å². The van der Waals surface area contributed by atoms with Gasteiger partial charge >= 0.3 is 0 Å². The van der Waals surface area contributed by atoms with E-state index < -0.39 is 0 Å². The number of likely N-dealkylation sites (tertiary alicyclic amines) is 1. The maximum Gasteiger partial charge on any atom is 0.00679 e. The molecule has 0 aliphatic carbocycles. The summed E-state index contributed by atoms with van der Waals surface area (Å²) >= 11 is 0. The molecular formula is C16H34N2. The third-order valence-corrected chi connectivity index (χ3v) is 4.38. The van der Waals surface area contributed by atoms with Crippen LogP contribution in [-0.2, 0) is 0 Å². The Kier molecular flexibility index (Phi) is 8.70. The molecule has 1 N–H and O–H groups in total. The Morgan fingerprint density at radius 3 is 2.39 bits per heavy atom. The van der Waals surface area contributed by atoms with Crippen LogP contribution in [0.25, 0.3) is 0 Å². The van der Waals surface area contributed by atoms with E-state index in [1.807, 2.05) is 0 Å². The molecule has 0 saturated carbocycles. The molecule has 1 heterocycles. The van der Waals surface area contributed by atoms with Crippen LogP contribution in [-0.4, -0.2) is 37.1 Å².